The largest absolute Gasteiger partial charge is 0.481 e. The van der Waals surface area contributed by atoms with Crippen LogP contribution < -0.4 is 10.2 Å². The van der Waals surface area contributed by atoms with Crippen LogP contribution >= 0.6 is 0 Å². The van der Waals surface area contributed by atoms with Crippen molar-refractivity contribution < 1.29 is 14.6 Å². The molecule has 27 heavy (non-hydrogen) atoms. The van der Waals surface area contributed by atoms with E-state index in [0.717, 1.165) is 51.1 Å². The molecule has 1 aromatic heterocycles. The van der Waals surface area contributed by atoms with Gasteiger partial charge in [-0.15, -0.1) is 0 Å². The number of anilines is 2. The summed E-state index contributed by atoms with van der Waals surface area (Å²) in [5.74, 6) is 1.40. The van der Waals surface area contributed by atoms with E-state index in [9.17, 15) is 9.90 Å². The van der Waals surface area contributed by atoms with Gasteiger partial charge in [-0.2, -0.15) is 4.98 Å². The summed E-state index contributed by atoms with van der Waals surface area (Å²) in [6, 6.07) is 2.13. The lowest BCUT2D eigenvalue weighted by Gasteiger charge is -2.35. The van der Waals surface area contributed by atoms with Gasteiger partial charge in [-0.1, -0.05) is 20.3 Å². The van der Waals surface area contributed by atoms with E-state index in [0.29, 0.717) is 18.4 Å². The van der Waals surface area contributed by atoms with Gasteiger partial charge in [-0.25, -0.2) is 4.98 Å². The molecule has 1 aromatic rings. The maximum Gasteiger partial charge on any atom is 0.311 e. The summed E-state index contributed by atoms with van der Waals surface area (Å²) in [7, 11) is 0. The minimum absolute atomic E-state index is 0.179. The summed E-state index contributed by atoms with van der Waals surface area (Å²) in [4.78, 5) is 23.1. The van der Waals surface area contributed by atoms with Gasteiger partial charge in [0.15, 0.2) is 0 Å². The summed E-state index contributed by atoms with van der Waals surface area (Å²) >= 11 is 0. The van der Waals surface area contributed by atoms with E-state index in [1.807, 2.05) is 6.07 Å². The van der Waals surface area contributed by atoms with E-state index >= 15 is 0 Å². The van der Waals surface area contributed by atoms with E-state index < -0.39 is 11.4 Å². The second kappa shape index (κ2) is 7.26. The van der Waals surface area contributed by atoms with Gasteiger partial charge in [0.1, 0.15) is 5.82 Å². The van der Waals surface area contributed by atoms with Gasteiger partial charge < -0.3 is 20.1 Å². The third-order valence-corrected chi connectivity index (χ3v) is 6.58. The summed E-state index contributed by atoms with van der Waals surface area (Å²) < 4.78 is 5.96. The number of carboxylic acid groups (broad SMARTS) is 1. The van der Waals surface area contributed by atoms with E-state index in [-0.39, 0.29) is 18.1 Å². The van der Waals surface area contributed by atoms with Crippen LogP contribution in [0.15, 0.2) is 12.3 Å². The van der Waals surface area contributed by atoms with Crippen LogP contribution in [0.3, 0.4) is 0 Å². The quantitative estimate of drug-likeness (QED) is 0.819. The van der Waals surface area contributed by atoms with Crippen molar-refractivity contribution in [3.05, 3.63) is 12.3 Å². The molecule has 3 heterocycles. The fourth-order valence-corrected chi connectivity index (χ4v) is 5.18. The molecule has 3 aliphatic rings. The average Bonchev–Trinajstić information content (AvgIpc) is 3.21. The molecule has 2 unspecified atom stereocenters. The smallest absolute Gasteiger partial charge is 0.311 e. The first-order valence-corrected chi connectivity index (χ1v) is 10.2. The SMILES string of the molecule is CC(C)C1OCCCC1Nc1ccnc(N2C[C@@H]3CCC[C@@]3(C(=O)O)C2)n1. The van der Waals surface area contributed by atoms with Gasteiger partial charge in [-0.3, -0.25) is 4.79 Å². The first-order chi connectivity index (χ1) is 13.0. The molecule has 0 amide bonds. The molecule has 3 fully saturated rings. The summed E-state index contributed by atoms with van der Waals surface area (Å²) in [6.07, 6.45) is 6.81. The zero-order chi connectivity index (χ0) is 19.0. The standard InChI is InChI=1S/C20H30N4O3/c1-13(2)17-15(6-4-10-27-17)22-16-7-9-21-19(23-16)24-11-14-5-3-8-20(14,12-24)18(25)26/h7,9,13-15,17H,3-6,8,10-12H2,1-2H3,(H,25,26)(H,21,22,23)/t14-,15?,17?,20+/m0/s1. The lowest BCUT2D eigenvalue weighted by Crippen LogP contribution is -2.43. The molecule has 0 bridgehead atoms. The molecule has 0 radical (unpaired) electrons. The van der Waals surface area contributed by atoms with Gasteiger partial charge >= 0.3 is 5.97 Å². The number of carbonyl (C=O) groups is 1. The zero-order valence-electron chi connectivity index (χ0n) is 16.2. The van der Waals surface area contributed by atoms with Gasteiger partial charge in [0.2, 0.25) is 5.95 Å². The zero-order valence-corrected chi connectivity index (χ0v) is 16.2. The van der Waals surface area contributed by atoms with Crippen molar-refractivity contribution in [2.24, 2.45) is 17.3 Å². The second-order valence-corrected chi connectivity index (χ2v) is 8.65. The predicted octanol–water partition coefficient (Wildman–Crippen LogP) is 2.78. The van der Waals surface area contributed by atoms with Crippen LogP contribution in [-0.4, -0.2) is 52.9 Å². The molecule has 148 valence electrons. The highest BCUT2D eigenvalue weighted by Gasteiger charge is 2.55. The summed E-state index contributed by atoms with van der Waals surface area (Å²) in [5, 5.41) is 13.3. The van der Waals surface area contributed by atoms with Gasteiger partial charge in [0, 0.05) is 25.9 Å². The topological polar surface area (TPSA) is 87.6 Å². The molecule has 4 rings (SSSR count). The lowest BCUT2D eigenvalue weighted by atomic mass is 9.81. The fourth-order valence-electron chi connectivity index (χ4n) is 5.18. The van der Waals surface area contributed by atoms with E-state index in [1.54, 1.807) is 6.20 Å². The van der Waals surface area contributed by atoms with Crippen molar-refractivity contribution in [3.63, 3.8) is 0 Å². The Hall–Kier alpha value is -1.89. The molecule has 4 atom stereocenters. The third kappa shape index (κ3) is 3.37. The number of fused-ring (bicyclic) bond motifs is 1. The Morgan fingerprint density at radius 1 is 1.41 bits per heavy atom. The maximum atomic E-state index is 11.9. The first kappa shape index (κ1) is 18.5. The molecule has 7 nitrogen and oxygen atoms in total. The number of hydrogen-bond acceptors (Lipinski definition) is 6. The van der Waals surface area contributed by atoms with Crippen molar-refractivity contribution in [1.82, 2.24) is 9.97 Å². The number of aliphatic carboxylic acids is 1. The van der Waals surface area contributed by atoms with Crippen LogP contribution in [0.1, 0.15) is 46.0 Å². The Labute approximate surface area is 160 Å². The number of hydrogen-bond donors (Lipinski definition) is 2. The number of carboxylic acids is 1. The van der Waals surface area contributed by atoms with Crippen LogP contribution in [0.25, 0.3) is 0 Å². The Morgan fingerprint density at radius 3 is 3.00 bits per heavy atom. The second-order valence-electron chi connectivity index (χ2n) is 8.65. The molecule has 1 saturated carbocycles. The highest BCUT2D eigenvalue weighted by Crippen LogP contribution is 2.49. The van der Waals surface area contributed by atoms with E-state index in [2.05, 4.69) is 29.0 Å². The van der Waals surface area contributed by atoms with Crippen molar-refractivity contribution in [2.45, 2.75) is 58.1 Å². The molecule has 0 aromatic carbocycles. The molecule has 2 N–H and O–H groups in total. The van der Waals surface area contributed by atoms with E-state index in [1.165, 1.54) is 0 Å². The number of ether oxygens (including phenoxy) is 1. The lowest BCUT2D eigenvalue weighted by molar-refractivity contribution is -0.149. The van der Waals surface area contributed by atoms with Crippen molar-refractivity contribution in [1.29, 1.82) is 0 Å². The van der Waals surface area contributed by atoms with E-state index in [4.69, 9.17) is 9.72 Å². The summed E-state index contributed by atoms with van der Waals surface area (Å²) in [6.45, 7) is 6.44. The Balaban J connectivity index is 1.49. The minimum Gasteiger partial charge on any atom is -0.481 e. The number of rotatable bonds is 5. The summed E-state index contributed by atoms with van der Waals surface area (Å²) in [5.41, 5.74) is -0.618. The number of nitrogens with zero attached hydrogens (tertiary/aromatic N) is 3. The van der Waals surface area contributed by atoms with Crippen molar-refractivity contribution in [2.75, 3.05) is 29.9 Å². The highest BCUT2D eigenvalue weighted by atomic mass is 16.5. The van der Waals surface area contributed by atoms with Crippen LogP contribution in [-0.2, 0) is 9.53 Å². The molecule has 1 aliphatic carbocycles. The molecule has 2 aliphatic heterocycles. The minimum atomic E-state index is -0.666. The molecular weight excluding hydrogens is 344 g/mol. The molecule has 2 saturated heterocycles. The normalized spacial score (nSPS) is 33.3. The molecule has 0 spiro atoms. The molecular formula is C20H30N4O3. The maximum absolute atomic E-state index is 11.9. The van der Waals surface area contributed by atoms with Gasteiger partial charge in [-0.05, 0) is 43.6 Å². The number of nitrogens with one attached hydrogen (secondary N) is 1. The average molecular weight is 374 g/mol. The van der Waals surface area contributed by atoms with Gasteiger partial charge in [0.05, 0.1) is 17.6 Å². The Morgan fingerprint density at radius 2 is 2.26 bits per heavy atom. The van der Waals surface area contributed by atoms with Crippen molar-refractivity contribution in [3.8, 4) is 0 Å². The number of aromatic nitrogens is 2. The predicted molar refractivity (Wildman–Crippen MR) is 103 cm³/mol. The monoisotopic (exact) mass is 374 g/mol. The third-order valence-electron chi connectivity index (χ3n) is 6.58. The fraction of sp³-hybridized carbons (Fsp3) is 0.750. The Bertz CT molecular complexity index is 698. The van der Waals surface area contributed by atoms with Crippen LogP contribution in [0.5, 0.6) is 0 Å². The molecule has 7 heteroatoms. The van der Waals surface area contributed by atoms with Crippen molar-refractivity contribution >= 4 is 17.7 Å². The first-order valence-electron chi connectivity index (χ1n) is 10.2. The highest BCUT2D eigenvalue weighted by molar-refractivity contribution is 5.77. The Kier molecular flexibility index (Phi) is 4.97. The van der Waals surface area contributed by atoms with Crippen LogP contribution in [0.2, 0.25) is 0 Å². The van der Waals surface area contributed by atoms with Gasteiger partial charge in [0.25, 0.3) is 0 Å². The van der Waals surface area contributed by atoms with Crippen LogP contribution in [0, 0.1) is 17.3 Å². The van der Waals surface area contributed by atoms with Crippen LogP contribution in [0.4, 0.5) is 11.8 Å².